The first kappa shape index (κ1) is 15.4. The predicted octanol–water partition coefficient (Wildman–Crippen LogP) is 4.90. The maximum atomic E-state index is 13.1. The third kappa shape index (κ3) is 3.83. The van der Waals surface area contributed by atoms with Crippen LogP contribution in [0.25, 0.3) is 0 Å². The molecule has 1 aromatic heterocycles. The summed E-state index contributed by atoms with van der Waals surface area (Å²) < 4.78 is 13.1. The Labute approximate surface area is 135 Å². The van der Waals surface area contributed by atoms with Crippen molar-refractivity contribution in [3.8, 4) is 0 Å². The molecule has 3 heteroatoms. The number of nitrogens with zero attached hydrogens (tertiary/aromatic N) is 1. The Kier molecular flexibility index (Phi) is 5.38. The fraction of sp³-hybridized carbons (Fsp3) is 0.421. The quantitative estimate of drug-likeness (QED) is 0.785. The van der Waals surface area contributed by atoms with Crippen LogP contribution in [-0.2, 0) is 10.8 Å². The molecule has 2 atom stereocenters. The number of aromatic nitrogens is 1. The number of benzene rings is 1. The summed E-state index contributed by atoms with van der Waals surface area (Å²) in [7, 11) is -1.08. The second-order valence-electron chi connectivity index (χ2n) is 6.10. The molecule has 0 N–H and O–H groups in total. The van der Waals surface area contributed by atoms with Gasteiger partial charge in [0.15, 0.2) is 0 Å². The molecular weight excluding hydrogens is 290 g/mol. The van der Waals surface area contributed by atoms with Crippen molar-refractivity contribution < 1.29 is 4.21 Å². The smallest absolute Gasteiger partial charge is 0.127 e. The maximum Gasteiger partial charge on any atom is 0.127 e. The first-order valence-corrected chi connectivity index (χ1v) is 9.42. The highest BCUT2D eigenvalue weighted by molar-refractivity contribution is 7.85. The van der Waals surface area contributed by atoms with Crippen LogP contribution in [0.4, 0.5) is 0 Å². The van der Waals surface area contributed by atoms with Crippen molar-refractivity contribution in [2.45, 2.75) is 48.8 Å². The van der Waals surface area contributed by atoms with Gasteiger partial charge in [0.1, 0.15) is 5.03 Å². The molecule has 1 saturated carbocycles. The lowest BCUT2D eigenvalue weighted by atomic mass is 9.85. The topological polar surface area (TPSA) is 30.0 Å². The summed E-state index contributed by atoms with van der Waals surface area (Å²) in [5.41, 5.74) is 1.18. The standard InChI is InChI=1S/C19H23NOS/c21-22(19-13-7-8-14-20-19)18(17-11-5-2-6-12-17)15-16-9-3-1-4-10-16/h2,5-8,11-14,16,18H,1,3-4,9-10,15H2/t18-,22?/m1/s1. The highest BCUT2D eigenvalue weighted by Gasteiger charge is 2.26. The Morgan fingerprint density at radius 3 is 2.41 bits per heavy atom. The van der Waals surface area contributed by atoms with Gasteiger partial charge in [-0.1, -0.05) is 68.5 Å². The second kappa shape index (κ2) is 7.68. The van der Waals surface area contributed by atoms with Crippen LogP contribution in [0.3, 0.4) is 0 Å². The van der Waals surface area contributed by atoms with Crippen LogP contribution >= 0.6 is 0 Å². The summed E-state index contributed by atoms with van der Waals surface area (Å²) >= 11 is 0. The average molecular weight is 313 g/mol. The molecule has 22 heavy (non-hydrogen) atoms. The molecule has 0 aliphatic heterocycles. The van der Waals surface area contributed by atoms with Crippen molar-refractivity contribution in [2.24, 2.45) is 5.92 Å². The van der Waals surface area contributed by atoms with E-state index in [1.54, 1.807) is 6.20 Å². The molecule has 1 aliphatic carbocycles. The first-order chi connectivity index (χ1) is 10.8. The molecule has 1 heterocycles. The van der Waals surface area contributed by atoms with Crippen LogP contribution in [0.5, 0.6) is 0 Å². The van der Waals surface area contributed by atoms with Gasteiger partial charge in [-0.2, -0.15) is 0 Å². The number of hydrogen-bond donors (Lipinski definition) is 0. The van der Waals surface area contributed by atoms with E-state index in [-0.39, 0.29) is 5.25 Å². The Balaban J connectivity index is 1.84. The van der Waals surface area contributed by atoms with E-state index in [4.69, 9.17) is 0 Å². The van der Waals surface area contributed by atoms with Crippen molar-refractivity contribution in [3.63, 3.8) is 0 Å². The van der Waals surface area contributed by atoms with Crippen molar-refractivity contribution in [3.05, 3.63) is 60.3 Å². The zero-order valence-corrected chi connectivity index (χ0v) is 13.7. The zero-order valence-electron chi connectivity index (χ0n) is 12.9. The van der Waals surface area contributed by atoms with E-state index in [0.717, 1.165) is 6.42 Å². The number of rotatable bonds is 5. The van der Waals surface area contributed by atoms with E-state index in [2.05, 4.69) is 17.1 Å². The van der Waals surface area contributed by atoms with Gasteiger partial charge in [-0.3, -0.25) is 4.21 Å². The number of hydrogen-bond acceptors (Lipinski definition) is 2. The summed E-state index contributed by atoms with van der Waals surface area (Å²) in [5.74, 6) is 0.701. The van der Waals surface area contributed by atoms with Crippen LogP contribution in [0, 0.1) is 5.92 Å². The SMILES string of the molecule is O=S(c1ccccn1)[C@H](CC1CCCCC1)c1ccccc1. The van der Waals surface area contributed by atoms with Gasteiger partial charge in [-0.05, 0) is 30.0 Å². The third-order valence-electron chi connectivity index (χ3n) is 4.55. The molecule has 1 aromatic carbocycles. The normalized spacial score (nSPS) is 18.7. The highest BCUT2D eigenvalue weighted by Crippen LogP contribution is 2.36. The summed E-state index contributed by atoms with van der Waals surface area (Å²) in [6.07, 6.45) is 9.30. The van der Waals surface area contributed by atoms with Gasteiger partial charge in [0.05, 0.1) is 16.0 Å². The lowest BCUT2D eigenvalue weighted by Gasteiger charge is -2.26. The van der Waals surface area contributed by atoms with Crippen molar-refractivity contribution in [1.29, 1.82) is 0 Å². The average Bonchev–Trinajstić information content (AvgIpc) is 2.61. The van der Waals surface area contributed by atoms with E-state index in [0.29, 0.717) is 10.9 Å². The summed E-state index contributed by atoms with van der Waals surface area (Å²) in [5, 5.41) is 0.756. The molecule has 2 aromatic rings. The van der Waals surface area contributed by atoms with Gasteiger partial charge in [0.25, 0.3) is 0 Å². The van der Waals surface area contributed by atoms with Crippen molar-refractivity contribution in [2.75, 3.05) is 0 Å². The van der Waals surface area contributed by atoms with Crippen molar-refractivity contribution >= 4 is 10.8 Å². The predicted molar refractivity (Wildman–Crippen MR) is 91.0 cm³/mol. The molecule has 0 saturated heterocycles. The van der Waals surface area contributed by atoms with E-state index in [1.807, 2.05) is 36.4 Å². The molecule has 0 bridgehead atoms. The van der Waals surface area contributed by atoms with Crippen LogP contribution < -0.4 is 0 Å². The van der Waals surface area contributed by atoms with Gasteiger partial charge in [0.2, 0.25) is 0 Å². The summed E-state index contributed by atoms with van der Waals surface area (Å²) in [6.45, 7) is 0. The van der Waals surface area contributed by atoms with Gasteiger partial charge in [0, 0.05) is 6.20 Å². The minimum Gasteiger partial charge on any atom is -0.252 e. The number of pyridine rings is 1. The fourth-order valence-corrected chi connectivity index (χ4v) is 4.87. The van der Waals surface area contributed by atoms with Gasteiger partial charge in [-0.25, -0.2) is 4.98 Å². The van der Waals surface area contributed by atoms with Gasteiger partial charge < -0.3 is 0 Å². The molecule has 0 radical (unpaired) electrons. The van der Waals surface area contributed by atoms with Gasteiger partial charge in [-0.15, -0.1) is 0 Å². The Hall–Kier alpha value is -1.48. The molecule has 1 fully saturated rings. The lowest BCUT2D eigenvalue weighted by molar-refractivity contribution is 0.336. The summed E-state index contributed by atoms with van der Waals surface area (Å²) in [4.78, 5) is 4.32. The zero-order chi connectivity index (χ0) is 15.2. The van der Waals surface area contributed by atoms with E-state index < -0.39 is 10.8 Å². The third-order valence-corrected chi connectivity index (χ3v) is 6.18. The van der Waals surface area contributed by atoms with Crippen molar-refractivity contribution in [1.82, 2.24) is 4.98 Å². The maximum absolute atomic E-state index is 13.1. The molecule has 3 rings (SSSR count). The molecule has 0 spiro atoms. The second-order valence-corrected chi connectivity index (χ2v) is 7.69. The van der Waals surface area contributed by atoms with Crippen LogP contribution in [-0.4, -0.2) is 9.19 Å². The fourth-order valence-electron chi connectivity index (χ4n) is 3.35. The molecule has 1 unspecified atom stereocenters. The Morgan fingerprint density at radius 1 is 1.00 bits per heavy atom. The Morgan fingerprint density at radius 2 is 1.73 bits per heavy atom. The minimum atomic E-state index is -1.08. The monoisotopic (exact) mass is 313 g/mol. The van der Waals surface area contributed by atoms with Crippen LogP contribution in [0.2, 0.25) is 0 Å². The largest absolute Gasteiger partial charge is 0.252 e. The lowest BCUT2D eigenvalue weighted by Crippen LogP contribution is -2.15. The molecular formula is C19H23NOS. The first-order valence-electron chi connectivity index (χ1n) is 8.21. The Bertz CT molecular complexity index is 593. The summed E-state index contributed by atoms with van der Waals surface area (Å²) in [6, 6.07) is 16.0. The molecule has 116 valence electrons. The molecule has 1 aliphatic rings. The van der Waals surface area contributed by atoms with E-state index in [1.165, 1.54) is 37.7 Å². The molecule has 0 amide bonds. The van der Waals surface area contributed by atoms with Gasteiger partial charge >= 0.3 is 0 Å². The molecule has 2 nitrogen and oxygen atoms in total. The van der Waals surface area contributed by atoms with Crippen LogP contribution in [0.1, 0.15) is 49.3 Å². The van der Waals surface area contributed by atoms with Crippen LogP contribution in [0.15, 0.2) is 59.8 Å². The minimum absolute atomic E-state index is 0.0548. The van der Waals surface area contributed by atoms with E-state index >= 15 is 0 Å². The van der Waals surface area contributed by atoms with E-state index in [9.17, 15) is 4.21 Å². The highest BCUT2D eigenvalue weighted by atomic mass is 32.2.